The van der Waals surface area contributed by atoms with Crippen molar-refractivity contribution in [3.63, 3.8) is 0 Å². The molecular formula is C15H10N2O2S2. The highest BCUT2D eigenvalue weighted by Gasteiger charge is 2.20. The van der Waals surface area contributed by atoms with Gasteiger partial charge in [0.05, 0.1) is 11.3 Å². The molecule has 6 heteroatoms. The molecule has 0 fully saturated rings. The van der Waals surface area contributed by atoms with E-state index in [1.54, 1.807) is 41.8 Å². The lowest BCUT2D eigenvalue weighted by molar-refractivity contribution is 0.602. The van der Waals surface area contributed by atoms with Crippen LogP contribution in [0.1, 0.15) is 5.56 Å². The monoisotopic (exact) mass is 314 g/mol. The third kappa shape index (κ3) is 2.49. The summed E-state index contributed by atoms with van der Waals surface area (Å²) < 4.78 is 28.5. The quantitative estimate of drug-likeness (QED) is 0.803. The summed E-state index contributed by atoms with van der Waals surface area (Å²) in [7, 11) is -3.72. The van der Waals surface area contributed by atoms with E-state index in [4.69, 9.17) is 5.26 Å². The number of nitriles is 1. The van der Waals surface area contributed by atoms with E-state index in [0.29, 0.717) is 10.9 Å². The Balaban J connectivity index is 2.08. The first kappa shape index (κ1) is 13.6. The van der Waals surface area contributed by atoms with Crippen molar-refractivity contribution >= 4 is 37.1 Å². The maximum atomic E-state index is 12.5. The van der Waals surface area contributed by atoms with E-state index in [-0.39, 0.29) is 10.6 Å². The lowest BCUT2D eigenvalue weighted by atomic mass is 10.2. The second-order valence-corrected chi connectivity index (χ2v) is 6.92. The predicted octanol–water partition coefficient (Wildman–Crippen LogP) is 3.57. The summed E-state index contributed by atoms with van der Waals surface area (Å²) in [5.41, 5.74) is 0.580. The van der Waals surface area contributed by atoms with Gasteiger partial charge in [0.25, 0.3) is 10.0 Å². The van der Waals surface area contributed by atoms with Crippen molar-refractivity contribution in [2.75, 3.05) is 4.72 Å². The summed E-state index contributed by atoms with van der Waals surface area (Å²) in [5, 5.41) is 11.3. The number of para-hydroxylation sites is 1. The number of nitrogens with zero attached hydrogens (tertiary/aromatic N) is 1. The molecule has 3 aromatic rings. The van der Waals surface area contributed by atoms with Crippen LogP contribution in [0.3, 0.4) is 0 Å². The molecule has 0 saturated heterocycles. The number of thiophene rings is 1. The smallest absolute Gasteiger partial charge is 0.263 e. The molecule has 0 aliphatic heterocycles. The molecule has 0 bridgehead atoms. The van der Waals surface area contributed by atoms with Crippen molar-refractivity contribution in [1.29, 1.82) is 5.26 Å². The Morgan fingerprint density at radius 2 is 1.76 bits per heavy atom. The maximum Gasteiger partial charge on any atom is 0.263 e. The van der Waals surface area contributed by atoms with Gasteiger partial charge in [0.1, 0.15) is 11.0 Å². The fourth-order valence-electron chi connectivity index (χ4n) is 2.03. The number of nitrogens with one attached hydrogen (secondary N) is 1. The van der Waals surface area contributed by atoms with E-state index >= 15 is 0 Å². The molecule has 2 aromatic carbocycles. The van der Waals surface area contributed by atoms with Crippen LogP contribution in [0.2, 0.25) is 0 Å². The van der Waals surface area contributed by atoms with Gasteiger partial charge >= 0.3 is 0 Å². The minimum absolute atomic E-state index is 0.232. The number of anilines is 1. The highest BCUT2D eigenvalue weighted by molar-refractivity contribution is 7.93. The third-order valence-corrected chi connectivity index (χ3v) is 5.54. The van der Waals surface area contributed by atoms with Crippen LogP contribution in [0.25, 0.3) is 10.1 Å². The molecule has 1 aromatic heterocycles. The zero-order valence-corrected chi connectivity index (χ0v) is 12.4. The third-order valence-electron chi connectivity index (χ3n) is 3.03. The summed E-state index contributed by atoms with van der Waals surface area (Å²) >= 11 is 1.38. The van der Waals surface area contributed by atoms with Crippen molar-refractivity contribution in [1.82, 2.24) is 0 Å². The van der Waals surface area contributed by atoms with Gasteiger partial charge in [-0.3, -0.25) is 4.72 Å². The van der Waals surface area contributed by atoms with E-state index in [0.717, 1.165) is 4.70 Å². The van der Waals surface area contributed by atoms with Gasteiger partial charge < -0.3 is 0 Å². The van der Waals surface area contributed by atoms with Gasteiger partial charge in [-0.25, -0.2) is 8.42 Å². The maximum absolute atomic E-state index is 12.5. The molecule has 4 nitrogen and oxygen atoms in total. The van der Waals surface area contributed by atoms with Crippen molar-refractivity contribution in [2.45, 2.75) is 4.90 Å². The highest BCUT2D eigenvalue weighted by Crippen LogP contribution is 2.30. The molecule has 3 rings (SSSR count). The number of sulfonamides is 1. The zero-order chi connectivity index (χ0) is 14.9. The SMILES string of the molecule is N#Cc1ccccc1NS(=O)(=O)c1csc2ccccc12. The summed E-state index contributed by atoms with van der Waals surface area (Å²) in [6, 6.07) is 15.8. The van der Waals surface area contributed by atoms with E-state index in [9.17, 15) is 8.42 Å². The molecular weight excluding hydrogens is 304 g/mol. The molecule has 0 aliphatic carbocycles. The van der Waals surface area contributed by atoms with E-state index in [1.165, 1.54) is 11.3 Å². The molecule has 104 valence electrons. The first-order valence-corrected chi connectivity index (χ1v) is 8.46. The average Bonchev–Trinajstić information content (AvgIpc) is 2.92. The van der Waals surface area contributed by atoms with Gasteiger partial charge in [0.15, 0.2) is 0 Å². The minimum Gasteiger partial charge on any atom is -0.278 e. The normalized spacial score (nSPS) is 11.2. The number of hydrogen-bond acceptors (Lipinski definition) is 4. The number of benzene rings is 2. The largest absolute Gasteiger partial charge is 0.278 e. The summed E-state index contributed by atoms with van der Waals surface area (Å²) in [4.78, 5) is 0.232. The fraction of sp³-hybridized carbons (Fsp3) is 0. The van der Waals surface area contributed by atoms with Crippen molar-refractivity contribution < 1.29 is 8.42 Å². The molecule has 0 spiro atoms. The molecule has 0 aliphatic rings. The van der Waals surface area contributed by atoms with Crippen molar-refractivity contribution in [3.8, 4) is 6.07 Å². The van der Waals surface area contributed by atoms with Gasteiger partial charge in [-0.2, -0.15) is 5.26 Å². The van der Waals surface area contributed by atoms with Gasteiger partial charge in [-0.15, -0.1) is 11.3 Å². The van der Waals surface area contributed by atoms with Crippen LogP contribution < -0.4 is 4.72 Å². The lowest BCUT2D eigenvalue weighted by Gasteiger charge is -2.08. The summed E-state index contributed by atoms with van der Waals surface area (Å²) in [5.74, 6) is 0. The van der Waals surface area contributed by atoms with E-state index in [2.05, 4.69) is 4.72 Å². The van der Waals surface area contributed by atoms with Gasteiger partial charge in [0.2, 0.25) is 0 Å². The topological polar surface area (TPSA) is 70.0 Å². The van der Waals surface area contributed by atoms with Gasteiger partial charge in [-0.1, -0.05) is 30.3 Å². The van der Waals surface area contributed by atoms with Gasteiger partial charge in [-0.05, 0) is 18.2 Å². The Morgan fingerprint density at radius 1 is 1.05 bits per heavy atom. The molecule has 1 heterocycles. The fourth-order valence-corrected chi connectivity index (χ4v) is 4.61. The van der Waals surface area contributed by atoms with Crippen LogP contribution in [0, 0.1) is 11.3 Å². The molecule has 0 saturated carbocycles. The molecule has 0 radical (unpaired) electrons. The van der Waals surface area contributed by atoms with Crippen molar-refractivity contribution in [3.05, 3.63) is 59.5 Å². The molecule has 0 unspecified atom stereocenters. The Hall–Kier alpha value is -2.36. The van der Waals surface area contributed by atoms with Crippen LogP contribution in [-0.4, -0.2) is 8.42 Å². The van der Waals surface area contributed by atoms with Crippen molar-refractivity contribution in [2.24, 2.45) is 0 Å². The average molecular weight is 314 g/mol. The first-order valence-electron chi connectivity index (χ1n) is 6.10. The van der Waals surface area contributed by atoms with Crippen LogP contribution in [0.5, 0.6) is 0 Å². The number of rotatable bonds is 3. The Bertz CT molecular complexity index is 953. The standard InChI is InChI=1S/C15H10N2O2S2/c16-9-11-5-1-3-7-13(11)17-21(18,19)15-10-20-14-8-4-2-6-12(14)15/h1-8,10,17H. The highest BCUT2D eigenvalue weighted by atomic mass is 32.2. The van der Waals surface area contributed by atoms with Crippen LogP contribution >= 0.6 is 11.3 Å². The number of hydrogen-bond donors (Lipinski definition) is 1. The summed E-state index contributed by atoms with van der Waals surface area (Å²) in [6.07, 6.45) is 0. The molecule has 0 atom stereocenters. The van der Waals surface area contributed by atoms with E-state index < -0.39 is 10.0 Å². The Labute approximate surface area is 126 Å². The van der Waals surface area contributed by atoms with Gasteiger partial charge in [0, 0.05) is 15.5 Å². The lowest BCUT2D eigenvalue weighted by Crippen LogP contribution is -2.13. The Kier molecular flexibility index (Phi) is 3.37. The van der Waals surface area contributed by atoms with Crippen LogP contribution in [0.15, 0.2) is 58.8 Å². The molecule has 0 amide bonds. The van der Waals surface area contributed by atoms with Crippen LogP contribution in [0.4, 0.5) is 5.69 Å². The summed E-state index contributed by atoms with van der Waals surface area (Å²) in [6.45, 7) is 0. The minimum atomic E-state index is -3.72. The zero-order valence-electron chi connectivity index (χ0n) is 10.8. The molecule has 21 heavy (non-hydrogen) atoms. The van der Waals surface area contributed by atoms with E-state index in [1.807, 2.05) is 18.2 Å². The number of fused-ring (bicyclic) bond motifs is 1. The second-order valence-electron chi connectivity index (χ2n) is 4.36. The first-order chi connectivity index (χ1) is 10.1. The Morgan fingerprint density at radius 3 is 2.57 bits per heavy atom. The molecule has 1 N–H and O–H groups in total. The second kappa shape index (κ2) is 5.20. The predicted molar refractivity (Wildman–Crippen MR) is 83.8 cm³/mol. The van der Waals surface area contributed by atoms with Crippen LogP contribution in [-0.2, 0) is 10.0 Å².